The second-order valence-electron chi connectivity index (χ2n) is 4.73. The third kappa shape index (κ3) is 2.05. The van der Waals surface area contributed by atoms with Gasteiger partial charge in [-0.3, -0.25) is 0 Å². The zero-order valence-corrected chi connectivity index (χ0v) is 8.93. The lowest BCUT2D eigenvalue weighted by Gasteiger charge is -2.38. The molecule has 0 aliphatic heterocycles. The van der Waals surface area contributed by atoms with E-state index in [4.69, 9.17) is 0 Å². The van der Waals surface area contributed by atoms with Crippen molar-refractivity contribution in [1.29, 1.82) is 0 Å². The van der Waals surface area contributed by atoms with Gasteiger partial charge in [-0.15, -0.1) is 0 Å². The number of hydrogen-bond acceptors (Lipinski definition) is 2. The van der Waals surface area contributed by atoms with Gasteiger partial charge < -0.3 is 9.90 Å². The number of aliphatic hydroxyl groups excluding tert-OH is 1. The SMILES string of the molecule is O=CC1(C2CCC(O)CC2)C=CC=CC1. The van der Waals surface area contributed by atoms with Crippen molar-refractivity contribution >= 4 is 6.29 Å². The van der Waals surface area contributed by atoms with Gasteiger partial charge in [-0.2, -0.15) is 0 Å². The highest BCUT2D eigenvalue weighted by atomic mass is 16.3. The molecule has 1 unspecified atom stereocenters. The first-order chi connectivity index (χ1) is 7.27. The summed E-state index contributed by atoms with van der Waals surface area (Å²) < 4.78 is 0. The van der Waals surface area contributed by atoms with Crippen LogP contribution in [0.3, 0.4) is 0 Å². The summed E-state index contributed by atoms with van der Waals surface area (Å²) >= 11 is 0. The molecular formula is C13H18O2. The van der Waals surface area contributed by atoms with Crippen LogP contribution in [0.25, 0.3) is 0 Å². The van der Waals surface area contributed by atoms with Crippen molar-refractivity contribution in [2.24, 2.45) is 11.3 Å². The van der Waals surface area contributed by atoms with Crippen molar-refractivity contribution in [3.05, 3.63) is 24.3 Å². The number of hydrogen-bond donors (Lipinski definition) is 1. The van der Waals surface area contributed by atoms with Crippen molar-refractivity contribution in [2.75, 3.05) is 0 Å². The quantitative estimate of drug-likeness (QED) is 0.703. The van der Waals surface area contributed by atoms with E-state index in [0.29, 0.717) is 5.92 Å². The maximum Gasteiger partial charge on any atom is 0.130 e. The van der Waals surface area contributed by atoms with E-state index in [1.165, 1.54) is 0 Å². The van der Waals surface area contributed by atoms with E-state index in [2.05, 4.69) is 6.08 Å². The van der Waals surface area contributed by atoms with Crippen molar-refractivity contribution in [3.63, 3.8) is 0 Å². The average molecular weight is 206 g/mol. The summed E-state index contributed by atoms with van der Waals surface area (Å²) in [5.41, 5.74) is -0.283. The fourth-order valence-corrected chi connectivity index (χ4v) is 2.75. The Morgan fingerprint density at radius 1 is 1.20 bits per heavy atom. The molecule has 1 N–H and O–H groups in total. The topological polar surface area (TPSA) is 37.3 Å². The average Bonchev–Trinajstić information content (AvgIpc) is 2.31. The highest BCUT2D eigenvalue weighted by Gasteiger charge is 2.37. The molecule has 2 rings (SSSR count). The second-order valence-corrected chi connectivity index (χ2v) is 4.73. The number of carbonyl (C=O) groups is 1. The largest absolute Gasteiger partial charge is 0.393 e. The maximum atomic E-state index is 11.3. The van der Waals surface area contributed by atoms with E-state index in [1.807, 2.05) is 18.2 Å². The summed E-state index contributed by atoms with van der Waals surface area (Å²) in [5.74, 6) is 0.416. The summed E-state index contributed by atoms with van der Waals surface area (Å²) in [5, 5.41) is 9.46. The minimum Gasteiger partial charge on any atom is -0.393 e. The van der Waals surface area contributed by atoms with Crippen LogP contribution in [0.4, 0.5) is 0 Å². The Morgan fingerprint density at radius 3 is 2.47 bits per heavy atom. The minimum absolute atomic E-state index is 0.145. The van der Waals surface area contributed by atoms with Gasteiger partial charge in [0.1, 0.15) is 6.29 Å². The van der Waals surface area contributed by atoms with Gasteiger partial charge in [0.15, 0.2) is 0 Å². The molecule has 2 heteroatoms. The van der Waals surface area contributed by atoms with E-state index in [-0.39, 0.29) is 11.5 Å². The molecular weight excluding hydrogens is 188 g/mol. The van der Waals surface area contributed by atoms with Crippen LogP contribution in [0, 0.1) is 11.3 Å². The van der Waals surface area contributed by atoms with Crippen LogP contribution in [0.15, 0.2) is 24.3 Å². The van der Waals surface area contributed by atoms with Crippen LogP contribution < -0.4 is 0 Å². The summed E-state index contributed by atoms with van der Waals surface area (Å²) in [6, 6.07) is 0. The fraction of sp³-hybridized carbons (Fsp3) is 0.615. The number of aliphatic hydroxyl groups is 1. The Bertz CT molecular complexity index is 285. The molecule has 1 fully saturated rings. The van der Waals surface area contributed by atoms with E-state index < -0.39 is 0 Å². The summed E-state index contributed by atoms with van der Waals surface area (Å²) in [6.07, 6.45) is 13.5. The number of allylic oxidation sites excluding steroid dienone is 4. The minimum atomic E-state index is -0.283. The first-order valence-electron chi connectivity index (χ1n) is 5.75. The number of rotatable bonds is 2. The van der Waals surface area contributed by atoms with E-state index in [1.54, 1.807) is 0 Å². The van der Waals surface area contributed by atoms with Crippen LogP contribution in [0.5, 0.6) is 0 Å². The summed E-state index contributed by atoms with van der Waals surface area (Å²) in [4.78, 5) is 11.3. The molecule has 15 heavy (non-hydrogen) atoms. The van der Waals surface area contributed by atoms with Gasteiger partial charge in [0.2, 0.25) is 0 Å². The van der Waals surface area contributed by atoms with Crippen LogP contribution in [0.1, 0.15) is 32.1 Å². The molecule has 2 aliphatic carbocycles. The molecule has 2 nitrogen and oxygen atoms in total. The zero-order chi connectivity index (χ0) is 10.7. The molecule has 2 aliphatic rings. The summed E-state index contributed by atoms with van der Waals surface area (Å²) in [7, 11) is 0. The zero-order valence-electron chi connectivity index (χ0n) is 8.93. The van der Waals surface area contributed by atoms with Gasteiger partial charge >= 0.3 is 0 Å². The molecule has 0 amide bonds. The molecule has 1 saturated carbocycles. The lowest BCUT2D eigenvalue weighted by molar-refractivity contribution is -0.117. The Hall–Kier alpha value is -0.890. The summed E-state index contributed by atoms with van der Waals surface area (Å²) in [6.45, 7) is 0. The molecule has 82 valence electrons. The first kappa shape index (κ1) is 10.6. The molecule has 0 heterocycles. The van der Waals surface area contributed by atoms with Gasteiger partial charge in [0.25, 0.3) is 0 Å². The van der Waals surface area contributed by atoms with Crippen molar-refractivity contribution in [2.45, 2.75) is 38.2 Å². The molecule has 0 aromatic heterocycles. The third-order valence-corrected chi connectivity index (χ3v) is 3.80. The predicted molar refractivity (Wildman–Crippen MR) is 59.4 cm³/mol. The monoisotopic (exact) mass is 206 g/mol. The third-order valence-electron chi connectivity index (χ3n) is 3.80. The Morgan fingerprint density at radius 2 is 1.93 bits per heavy atom. The highest BCUT2D eigenvalue weighted by molar-refractivity contribution is 5.64. The lowest BCUT2D eigenvalue weighted by Crippen LogP contribution is -2.34. The second kappa shape index (κ2) is 4.31. The lowest BCUT2D eigenvalue weighted by atomic mass is 9.66. The van der Waals surface area contributed by atoms with E-state index in [0.717, 1.165) is 38.4 Å². The number of aldehydes is 1. The Kier molecular flexibility index (Phi) is 3.06. The Labute approximate surface area is 90.7 Å². The molecule has 0 spiro atoms. The van der Waals surface area contributed by atoms with Gasteiger partial charge in [-0.25, -0.2) is 0 Å². The molecule has 1 atom stereocenters. The first-order valence-corrected chi connectivity index (χ1v) is 5.75. The molecule has 0 aromatic carbocycles. The van der Waals surface area contributed by atoms with Crippen molar-refractivity contribution in [1.82, 2.24) is 0 Å². The van der Waals surface area contributed by atoms with Gasteiger partial charge in [-0.1, -0.05) is 24.3 Å². The van der Waals surface area contributed by atoms with Gasteiger partial charge in [0, 0.05) is 0 Å². The van der Waals surface area contributed by atoms with Crippen LogP contribution >= 0.6 is 0 Å². The van der Waals surface area contributed by atoms with Gasteiger partial charge in [-0.05, 0) is 38.0 Å². The van der Waals surface area contributed by atoms with Gasteiger partial charge in [0.05, 0.1) is 11.5 Å². The predicted octanol–water partition coefficient (Wildman–Crippen LogP) is 2.24. The van der Waals surface area contributed by atoms with Crippen LogP contribution in [-0.2, 0) is 4.79 Å². The molecule has 0 aromatic rings. The molecule has 0 bridgehead atoms. The fourth-order valence-electron chi connectivity index (χ4n) is 2.75. The standard InChI is InChI=1S/C13H18O2/c14-10-13(8-2-1-3-9-13)11-4-6-12(15)7-5-11/h1-3,8,10-12,15H,4-7,9H2. The smallest absolute Gasteiger partial charge is 0.130 e. The van der Waals surface area contributed by atoms with Crippen molar-refractivity contribution < 1.29 is 9.90 Å². The van der Waals surface area contributed by atoms with E-state index in [9.17, 15) is 9.90 Å². The number of carbonyl (C=O) groups excluding carboxylic acids is 1. The van der Waals surface area contributed by atoms with Crippen LogP contribution in [0.2, 0.25) is 0 Å². The molecule has 0 radical (unpaired) electrons. The Balaban J connectivity index is 2.10. The normalized spacial score (nSPS) is 40.3. The highest BCUT2D eigenvalue weighted by Crippen LogP contribution is 2.42. The van der Waals surface area contributed by atoms with Crippen molar-refractivity contribution in [3.8, 4) is 0 Å². The van der Waals surface area contributed by atoms with E-state index >= 15 is 0 Å². The van der Waals surface area contributed by atoms with Crippen LogP contribution in [-0.4, -0.2) is 17.5 Å². The molecule has 0 saturated heterocycles. The maximum absolute atomic E-state index is 11.3.